The molecular weight excluding hydrogens is 342 g/mol. The van der Waals surface area contributed by atoms with E-state index in [-0.39, 0.29) is 10.4 Å². The standard InChI is InChI=1S/C13H20BrN3O2S/c1-13(2)9-17(7-6-16(13)3)20(18,19)10-4-5-12(15)11(14)8-10/h4-5,8H,6-7,9,15H2,1-3H3. The lowest BCUT2D eigenvalue weighted by molar-refractivity contribution is 0.0801. The molecule has 2 N–H and O–H groups in total. The molecule has 5 nitrogen and oxygen atoms in total. The Balaban J connectivity index is 2.33. The number of piperazine rings is 1. The first kappa shape index (κ1) is 15.8. The number of anilines is 1. The lowest BCUT2D eigenvalue weighted by atomic mass is 10.0. The first-order chi connectivity index (χ1) is 9.14. The van der Waals surface area contributed by atoms with Gasteiger partial charge in [0.1, 0.15) is 0 Å². The van der Waals surface area contributed by atoms with Crippen molar-refractivity contribution >= 4 is 31.6 Å². The van der Waals surface area contributed by atoms with E-state index < -0.39 is 10.0 Å². The van der Waals surface area contributed by atoms with Crippen molar-refractivity contribution in [2.75, 3.05) is 32.4 Å². The number of rotatable bonds is 2. The zero-order valence-corrected chi connectivity index (χ0v) is 14.3. The van der Waals surface area contributed by atoms with Crippen LogP contribution in [0.4, 0.5) is 5.69 Å². The Labute approximate surface area is 128 Å². The van der Waals surface area contributed by atoms with E-state index in [9.17, 15) is 8.42 Å². The Kier molecular flexibility index (Phi) is 4.17. The summed E-state index contributed by atoms with van der Waals surface area (Å²) in [4.78, 5) is 2.46. The number of nitrogens with zero attached hydrogens (tertiary/aromatic N) is 2. The highest BCUT2D eigenvalue weighted by molar-refractivity contribution is 9.10. The molecule has 1 aliphatic rings. The van der Waals surface area contributed by atoms with Crippen LogP contribution in [0, 0.1) is 0 Å². The van der Waals surface area contributed by atoms with Gasteiger partial charge in [0, 0.05) is 35.3 Å². The largest absolute Gasteiger partial charge is 0.398 e. The van der Waals surface area contributed by atoms with Crippen molar-refractivity contribution in [1.29, 1.82) is 0 Å². The van der Waals surface area contributed by atoms with E-state index in [0.29, 0.717) is 23.2 Å². The zero-order chi connectivity index (χ0) is 15.1. The van der Waals surface area contributed by atoms with Crippen LogP contribution in [0.3, 0.4) is 0 Å². The van der Waals surface area contributed by atoms with Crippen molar-refractivity contribution in [3.05, 3.63) is 22.7 Å². The van der Waals surface area contributed by atoms with E-state index in [1.165, 1.54) is 0 Å². The fraction of sp³-hybridized carbons (Fsp3) is 0.538. The van der Waals surface area contributed by atoms with Crippen molar-refractivity contribution in [1.82, 2.24) is 9.21 Å². The quantitative estimate of drug-likeness (QED) is 0.814. The predicted octanol–water partition coefficient (Wildman–Crippen LogP) is 1.75. The monoisotopic (exact) mass is 361 g/mol. The van der Waals surface area contributed by atoms with Gasteiger partial charge in [-0.25, -0.2) is 8.42 Å². The molecule has 0 bridgehead atoms. The van der Waals surface area contributed by atoms with Crippen molar-refractivity contribution in [3.8, 4) is 0 Å². The number of benzene rings is 1. The maximum Gasteiger partial charge on any atom is 0.243 e. The third-order valence-electron chi connectivity index (χ3n) is 3.89. The van der Waals surface area contributed by atoms with E-state index >= 15 is 0 Å². The van der Waals surface area contributed by atoms with Gasteiger partial charge < -0.3 is 5.73 Å². The molecule has 0 saturated carbocycles. The molecule has 0 amide bonds. The molecule has 1 heterocycles. The van der Waals surface area contributed by atoms with Crippen LogP contribution >= 0.6 is 15.9 Å². The molecule has 0 aliphatic carbocycles. The van der Waals surface area contributed by atoms with Crippen LogP contribution in [0.25, 0.3) is 0 Å². The average Bonchev–Trinajstić information content (AvgIpc) is 2.35. The SMILES string of the molecule is CN1CCN(S(=O)(=O)c2ccc(N)c(Br)c2)CC1(C)C. The summed E-state index contributed by atoms with van der Waals surface area (Å²) < 4.78 is 27.5. The van der Waals surface area contributed by atoms with Crippen molar-refractivity contribution in [2.45, 2.75) is 24.3 Å². The Morgan fingerprint density at radius 3 is 2.50 bits per heavy atom. The van der Waals surface area contributed by atoms with Crippen molar-refractivity contribution < 1.29 is 8.42 Å². The van der Waals surface area contributed by atoms with Gasteiger partial charge in [0.15, 0.2) is 0 Å². The fourth-order valence-corrected chi connectivity index (χ4v) is 4.36. The van der Waals surface area contributed by atoms with Crippen LogP contribution in [-0.4, -0.2) is 49.8 Å². The normalized spacial score (nSPS) is 21.0. The third kappa shape index (κ3) is 2.86. The molecule has 112 valence electrons. The maximum atomic E-state index is 12.7. The number of hydrogen-bond acceptors (Lipinski definition) is 4. The molecular formula is C13H20BrN3O2S. The molecule has 1 saturated heterocycles. The number of hydrogen-bond donors (Lipinski definition) is 1. The Morgan fingerprint density at radius 1 is 1.30 bits per heavy atom. The van der Waals surface area contributed by atoms with Crippen LogP contribution in [0.5, 0.6) is 0 Å². The second-order valence-electron chi connectivity index (χ2n) is 5.76. The van der Waals surface area contributed by atoms with Crippen LogP contribution < -0.4 is 5.73 Å². The van der Waals surface area contributed by atoms with Gasteiger partial charge >= 0.3 is 0 Å². The molecule has 0 spiro atoms. The minimum absolute atomic E-state index is 0.170. The molecule has 1 fully saturated rings. The smallest absolute Gasteiger partial charge is 0.243 e. The van der Waals surface area contributed by atoms with Gasteiger partial charge in [-0.05, 0) is 55.0 Å². The fourth-order valence-electron chi connectivity index (χ4n) is 2.22. The first-order valence-corrected chi connectivity index (χ1v) is 8.64. The van der Waals surface area contributed by atoms with E-state index in [0.717, 1.165) is 6.54 Å². The molecule has 0 atom stereocenters. The highest BCUT2D eigenvalue weighted by atomic mass is 79.9. The van der Waals surface area contributed by atoms with Gasteiger partial charge in [0.25, 0.3) is 0 Å². The van der Waals surface area contributed by atoms with Crippen LogP contribution in [0.2, 0.25) is 0 Å². The first-order valence-electron chi connectivity index (χ1n) is 6.41. The predicted molar refractivity (Wildman–Crippen MR) is 84.0 cm³/mol. The number of nitrogen functional groups attached to an aromatic ring is 1. The van der Waals surface area contributed by atoms with Crippen molar-refractivity contribution in [3.63, 3.8) is 0 Å². The lowest BCUT2D eigenvalue weighted by Crippen LogP contribution is -2.58. The molecule has 0 aromatic heterocycles. The van der Waals surface area contributed by atoms with Gasteiger partial charge in [-0.1, -0.05) is 0 Å². The summed E-state index contributed by atoms with van der Waals surface area (Å²) in [5.74, 6) is 0. The molecule has 7 heteroatoms. The summed E-state index contributed by atoms with van der Waals surface area (Å²) in [7, 11) is -1.46. The number of likely N-dealkylation sites (N-methyl/N-ethyl adjacent to an activating group) is 1. The van der Waals surface area contributed by atoms with Crippen LogP contribution in [0.1, 0.15) is 13.8 Å². The highest BCUT2D eigenvalue weighted by Crippen LogP contribution is 2.28. The zero-order valence-electron chi connectivity index (χ0n) is 11.9. The van der Waals surface area contributed by atoms with Gasteiger partial charge in [-0.15, -0.1) is 0 Å². The third-order valence-corrected chi connectivity index (χ3v) is 6.42. The molecule has 1 aromatic rings. The van der Waals surface area contributed by atoms with E-state index in [4.69, 9.17) is 5.73 Å². The number of sulfonamides is 1. The molecule has 1 aromatic carbocycles. The minimum Gasteiger partial charge on any atom is -0.398 e. The van der Waals surface area contributed by atoms with Crippen LogP contribution in [-0.2, 0) is 10.0 Å². The van der Waals surface area contributed by atoms with Gasteiger partial charge in [-0.2, -0.15) is 4.31 Å². The molecule has 0 unspecified atom stereocenters. The Hall–Kier alpha value is -0.630. The van der Waals surface area contributed by atoms with Crippen molar-refractivity contribution in [2.24, 2.45) is 0 Å². The van der Waals surface area contributed by atoms with E-state index in [1.807, 2.05) is 20.9 Å². The second kappa shape index (κ2) is 5.29. The summed E-state index contributed by atoms with van der Waals surface area (Å²) in [6.07, 6.45) is 0. The highest BCUT2D eigenvalue weighted by Gasteiger charge is 2.37. The molecule has 0 radical (unpaired) electrons. The molecule has 20 heavy (non-hydrogen) atoms. The summed E-state index contributed by atoms with van der Waals surface area (Å²) in [5.41, 5.74) is 6.07. The van der Waals surface area contributed by atoms with E-state index in [1.54, 1.807) is 22.5 Å². The summed E-state index contributed by atoms with van der Waals surface area (Å²) in [6, 6.07) is 4.73. The van der Waals surface area contributed by atoms with Crippen LogP contribution in [0.15, 0.2) is 27.6 Å². The Morgan fingerprint density at radius 2 is 1.95 bits per heavy atom. The van der Waals surface area contributed by atoms with Gasteiger partial charge in [0.05, 0.1) is 4.90 Å². The summed E-state index contributed by atoms with van der Waals surface area (Å²) >= 11 is 3.28. The molecule has 2 rings (SSSR count). The lowest BCUT2D eigenvalue weighted by Gasteiger charge is -2.44. The van der Waals surface area contributed by atoms with E-state index in [2.05, 4.69) is 20.8 Å². The number of nitrogens with two attached hydrogens (primary N) is 1. The Bertz CT molecular complexity index is 616. The average molecular weight is 362 g/mol. The minimum atomic E-state index is -3.47. The summed E-state index contributed by atoms with van der Waals surface area (Å²) in [5, 5.41) is 0. The molecule has 1 aliphatic heterocycles. The van der Waals surface area contributed by atoms with Gasteiger partial charge in [-0.3, -0.25) is 4.90 Å². The summed E-state index contributed by atoms with van der Waals surface area (Å²) in [6.45, 7) is 5.81. The van der Waals surface area contributed by atoms with Gasteiger partial charge in [0.2, 0.25) is 10.0 Å². The second-order valence-corrected chi connectivity index (χ2v) is 8.55. The number of halogens is 1. The topological polar surface area (TPSA) is 66.6 Å². The maximum absolute atomic E-state index is 12.7.